The van der Waals surface area contributed by atoms with E-state index in [4.69, 9.17) is 5.73 Å². The van der Waals surface area contributed by atoms with E-state index in [1.807, 2.05) is 36.1 Å². The molecule has 0 aliphatic heterocycles. The molecular formula is C17H27NS. The van der Waals surface area contributed by atoms with Crippen LogP contribution in [0.15, 0.2) is 35.8 Å². The molecular weight excluding hydrogens is 250 g/mol. The fourth-order valence-corrected chi connectivity index (χ4v) is 2.97. The lowest BCUT2D eigenvalue weighted by molar-refractivity contribution is 0.488. The molecule has 0 amide bonds. The molecule has 0 heterocycles. The van der Waals surface area contributed by atoms with Crippen LogP contribution in [0.5, 0.6) is 0 Å². The molecule has 0 spiro atoms. The number of hydrogen-bond donors (Lipinski definition) is 1. The molecule has 0 saturated heterocycles. The summed E-state index contributed by atoms with van der Waals surface area (Å²) in [4.78, 5) is 1.22. The van der Waals surface area contributed by atoms with Crippen molar-refractivity contribution < 1.29 is 0 Å². The minimum atomic E-state index is 0.410. The lowest BCUT2D eigenvalue weighted by Crippen LogP contribution is -2.03. The Morgan fingerprint density at radius 1 is 1.32 bits per heavy atom. The summed E-state index contributed by atoms with van der Waals surface area (Å²) in [5.41, 5.74) is 5.33. The molecule has 0 aromatic carbocycles. The fourth-order valence-electron chi connectivity index (χ4n) is 1.85. The van der Waals surface area contributed by atoms with Gasteiger partial charge in [0.25, 0.3) is 0 Å². The summed E-state index contributed by atoms with van der Waals surface area (Å²) in [6.07, 6.45) is 13.0. The van der Waals surface area contributed by atoms with Crippen LogP contribution in [0.25, 0.3) is 0 Å². The molecule has 0 aromatic heterocycles. The van der Waals surface area contributed by atoms with Crippen molar-refractivity contribution in [3.63, 3.8) is 0 Å². The topological polar surface area (TPSA) is 26.0 Å². The smallest absolute Gasteiger partial charge is 0.0554 e. The number of allylic oxidation sites excluding steroid dienone is 4. The van der Waals surface area contributed by atoms with E-state index in [0.717, 1.165) is 5.92 Å². The average molecular weight is 277 g/mol. The molecule has 0 radical (unpaired) electrons. The molecule has 106 valence electrons. The Labute approximate surface area is 123 Å². The zero-order valence-electron chi connectivity index (χ0n) is 12.3. The van der Waals surface area contributed by atoms with E-state index < -0.39 is 0 Å². The van der Waals surface area contributed by atoms with Crippen molar-refractivity contribution in [2.24, 2.45) is 11.7 Å². The summed E-state index contributed by atoms with van der Waals surface area (Å²) < 4.78 is 0. The summed E-state index contributed by atoms with van der Waals surface area (Å²) in [5, 5.41) is 0. The summed E-state index contributed by atoms with van der Waals surface area (Å²) >= 11 is 1.90. The van der Waals surface area contributed by atoms with Gasteiger partial charge in [0.15, 0.2) is 0 Å². The van der Waals surface area contributed by atoms with Crippen LogP contribution in [-0.2, 0) is 0 Å². The molecule has 0 bridgehead atoms. The molecule has 0 aromatic rings. The minimum absolute atomic E-state index is 0.410. The number of nitrogens with two attached hydrogens (primary N) is 1. The van der Waals surface area contributed by atoms with Crippen LogP contribution in [-0.4, -0.2) is 12.3 Å². The molecule has 19 heavy (non-hydrogen) atoms. The zero-order chi connectivity index (χ0) is 14.3. The molecule has 0 aliphatic rings. The van der Waals surface area contributed by atoms with E-state index in [1.54, 1.807) is 0 Å². The van der Waals surface area contributed by atoms with E-state index >= 15 is 0 Å². The van der Waals surface area contributed by atoms with Gasteiger partial charge in [-0.1, -0.05) is 51.2 Å². The largest absolute Gasteiger partial charge is 0.320 e. The summed E-state index contributed by atoms with van der Waals surface area (Å²) in [7, 11) is 0. The van der Waals surface area contributed by atoms with Gasteiger partial charge in [-0.05, 0) is 37.0 Å². The summed E-state index contributed by atoms with van der Waals surface area (Å²) in [6, 6.07) is 0. The van der Waals surface area contributed by atoms with Crippen molar-refractivity contribution in [1.29, 1.82) is 0 Å². The van der Waals surface area contributed by atoms with Gasteiger partial charge in [-0.2, -0.15) is 0 Å². The SMILES string of the molecule is C=C/C=C(\C=C\C#CCN)SCC(CCC)CCC. The number of thioether (sulfide) groups is 1. The Bertz CT molecular complexity index is 338. The third-order valence-corrected chi connectivity index (χ3v) is 3.94. The Hall–Kier alpha value is -0.910. The second-order valence-corrected chi connectivity index (χ2v) is 5.51. The van der Waals surface area contributed by atoms with Crippen molar-refractivity contribution in [3.8, 4) is 11.8 Å². The van der Waals surface area contributed by atoms with Gasteiger partial charge in [0, 0.05) is 10.7 Å². The minimum Gasteiger partial charge on any atom is -0.320 e. The second-order valence-electron chi connectivity index (χ2n) is 4.42. The van der Waals surface area contributed by atoms with Crippen molar-refractivity contribution in [1.82, 2.24) is 0 Å². The van der Waals surface area contributed by atoms with Crippen LogP contribution in [0.1, 0.15) is 39.5 Å². The molecule has 0 rings (SSSR count). The van der Waals surface area contributed by atoms with Crippen LogP contribution >= 0.6 is 11.8 Å². The molecule has 1 nitrogen and oxygen atoms in total. The van der Waals surface area contributed by atoms with Gasteiger partial charge in [0.1, 0.15) is 0 Å². The molecule has 0 unspecified atom stereocenters. The lowest BCUT2D eigenvalue weighted by atomic mass is 10.0. The van der Waals surface area contributed by atoms with Crippen molar-refractivity contribution in [2.75, 3.05) is 12.3 Å². The standard InChI is InChI=1S/C17H27NS/c1-4-10-16(11-5-2)15-19-17(12-6-3)13-8-7-9-14-18/h6,8,12-13,16H,3-5,10-11,14-15,18H2,1-2H3/b13-8+,17-12+. The maximum absolute atomic E-state index is 5.33. The molecule has 0 saturated carbocycles. The van der Waals surface area contributed by atoms with Gasteiger partial charge in [0.2, 0.25) is 0 Å². The van der Waals surface area contributed by atoms with Crippen LogP contribution in [0.3, 0.4) is 0 Å². The van der Waals surface area contributed by atoms with Gasteiger partial charge in [-0.3, -0.25) is 0 Å². The molecule has 0 atom stereocenters. The number of hydrogen-bond acceptors (Lipinski definition) is 2. The number of rotatable bonds is 9. The van der Waals surface area contributed by atoms with Gasteiger partial charge in [-0.25, -0.2) is 0 Å². The first-order chi connectivity index (χ1) is 9.28. The maximum Gasteiger partial charge on any atom is 0.0554 e. The second kappa shape index (κ2) is 13.5. The van der Waals surface area contributed by atoms with Crippen LogP contribution in [0.4, 0.5) is 0 Å². The molecule has 2 heteroatoms. The van der Waals surface area contributed by atoms with Gasteiger partial charge in [-0.15, -0.1) is 11.8 Å². The van der Waals surface area contributed by atoms with Gasteiger partial charge in [0.05, 0.1) is 6.54 Å². The highest BCUT2D eigenvalue weighted by Gasteiger charge is 2.07. The summed E-state index contributed by atoms with van der Waals surface area (Å²) in [6.45, 7) is 8.69. The van der Waals surface area contributed by atoms with Crippen LogP contribution in [0.2, 0.25) is 0 Å². The molecule has 0 aliphatic carbocycles. The monoisotopic (exact) mass is 277 g/mol. The Kier molecular flexibility index (Phi) is 12.9. The highest BCUT2D eigenvalue weighted by atomic mass is 32.2. The Morgan fingerprint density at radius 3 is 2.53 bits per heavy atom. The van der Waals surface area contributed by atoms with Crippen LogP contribution in [0, 0.1) is 17.8 Å². The van der Waals surface area contributed by atoms with E-state index in [9.17, 15) is 0 Å². The van der Waals surface area contributed by atoms with Gasteiger partial charge >= 0.3 is 0 Å². The molecule has 0 fully saturated rings. The van der Waals surface area contributed by atoms with E-state index in [1.165, 1.54) is 36.3 Å². The third kappa shape index (κ3) is 10.7. The average Bonchev–Trinajstić information content (AvgIpc) is 2.41. The van der Waals surface area contributed by atoms with Gasteiger partial charge < -0.3 is 5.73 Å². The fraction of sp³-hybridized carbons (Fsp3) is 0.529. The quantitative estimate of drug-likeness (QED) is 0.495. The highest BCUT2D eigenvalue weighted by molar-refractivity contribution is 8.03. The van der Waals surface area contributed by atoms with E-state index in [-0.39, 0.29) is 0 Å². The lowest BCUT2D eigenvalue weighted by Gasteiger charge is -2.14. The molecule has 2 N–H and O–H groups in total. The van der Waals surface area contributed by atoms with Crippen LogP contribution < -0.4 is 5.73 Å². The maximum atomic E-state index is 5.33. The van der Waals surface area contributed by atoms with Crippen molar-refractivity contribution in [2.45, 2.75) is 39.5 Å². The first-order valence-corrected chi connectivity index (χ1v) is 8.07. The highest BCUT2D eigenvalue weighted by Crippen LogP contribution is 2.25. The summed E-state index contributed by atoms with van der Waals surface area (Å²) in [5.74, 6) is 7.74. The van der Waals surface area contributed by atoms with Crippen molar-refractivity contribution >= 4 is 11.8 Å². The first-order valence-electron chi connectivity index (χ1n) is 7.08. The predicted molar refractivity (Wildman–Crippen MR) is 90.0 cm³/mol. The normalized spacial score (nSPS) is 11.7. The zero-order valence-corrected chi connectivity index (χ0v) is 13.1. The Balaban J connectivity index is 4.37. The predicted octanol–water partition coefficient (Wildman–Crippen LogP) is 4.52. The van der Waals surface area contributed by atoms with Crippen molar-refractivity contribution in [3.05, 3.63) is 35.8 Å². The van der Waals surface area contributed by atoms with E-state index in [0.29, 0.717) is 6.54 Å². The Morgan fingerprint density at radius 2 is 2.00 bits per heavy atom. The third-order valence-electron chi connectivity index (χ3n) is 2.70. The van der Waals surface area contributed by atoms with E-state index in [2.05, 4.69) is 32.3 Å². The first kappa shape index (κ1) is 18.1.